The lowest BCUT2D eigenvalue weighted by molar-refractivity contribution is -0.149. The van der Waals surface area contributed by atoms with Gasteiger partial charge in [0.15, 0.2) is 13.2 Å². The third kappa shape index (κ3) is 5.12. The van der Waals surface area contributed by atoms with Gasteiger partial charge in [-0.05, 0) is 23.5 Å². The van der Waals surface area contributed by atoms with Crippen molar-refractivity contribution in [1.29, 1.82) is 0 Å². The number of nitrogens with one attached hydrogen (secondary N) is 1. The Kier molecular flexibility index (Phi) is 6.16. The summed E-state index contributed by atoms with van der Waals surface area (Å²) in [7, 11) is 0. The second kappa shape index (κ2) is 8.75. The molecule has 1 fully saturated rings. The third-order valence-electron chi connectivity index (χ3n) is 5.17. The highest BCUT2D eigenvalue weighted by molar-refractivity contribution is 5.80. The lowest BCUT2D eigenvalue weighted by Gasteiger charge is -2.34. The van der Waals surface area contributed by atoms with Crippen LogP contribution in [0.5, 0.6) is 0 Å². The van der Waals surface area contributed by atoms with E-state index in [4.69, 9.17) is 4.74 Å². The Hall–Kier alpha value is -2.77. The van der Waals surface area contributed by atoms with E-state index in [0.717, 1.165) is 23.2 Å². The highest BCUT2D eigenvalue weighted by atomic mass is 16.5. The van der Waals surface area contributed by atoms with Gasteiger partial charge in [-0.25, -0.2) is 4.79 Å². The molecular weight excluding hydrogens is 346 g/mol. The molecule has 3 atom stereocenters. The average Bonchev–Trinajstić information content (AvgIpc) is 3.13. The fourth-order valence-electron chi connectivity index (χ4n) is 3.35. The summed E-state index contributed by atoms with van der Waals surface area (Å²) in [5.74, 6) is 0.595. The van der Waals surface area contributed by atoms with Crippen LogP contribution >= 0.6 is 0 Å². The Balaban J connectivity index is 1.44. The van der Waals surface area contributed by atoms with E-state index in [9.17, 15) is 9.59 Å². The number of amides is 1. The Bertz CT molecular complexity index is 777. The van der Waals surface area contributed by atoms with E-state index >= 15 is 0 Å². The van der Waals surface area contributed by atoms with Crippen LogP contribution in [0.25, 0.3) is 11.4 Å². The normalized spacial score (nSPS) is 22.2. The first-order valence-electron chi connectivity index (χ1n) is 9.31. The molecule has 1 heterocycles. The molecule has 1 N–H and O–H groups in total. The lowest BCUT2D eigenvalue weighted by Crippen LogP contribution is -2.45. The first-order valence-corrected chi connectivity index (χ1v) is 9.31. The van der Waals surface area contributed by atoms with E-state index in [-0.39, 0.29) is 25.1 Å². The largest absolute Gasteiger partial charge is 0.454 e. The van der Waals surface area contributed by atoms with E-state index in [1.54, 1.807) is 0 Å². The number of esters is 1. The van der Waals surface area contributed by atoms with Crippen molar-refractivity contribution in [2.24, 2.45) is 11.8 Å². The molecular formula is C19H25N5O3. The Morgan fingerprint density at radius 1 is 1.22 bits per heavy atom. The summed E-state index contributed by atoms with van der Waals surface area (Å²) in [4.78, 5) is 25.2. The molecule has 0 saturated heterocycles. The first-order chi connectivity index (χ1) is 13.0. The number of rotatable bonds is 6. The Morgan fingerprint density at radius 3 is 2.78 bits per heavy atom. The fourth-order valence-corrected chi connectivity index (χ4v) is 3.35. The number of aromatic nitrogens is 4. The quantitative estimate of drug-likeness (QED) is 0.778. The van der Waals surface area contributed by atoms with Gasteiger partial charge in [0.05, 0.1) is 0 Å². The van der Waals surface area contributed by atoms with Gasteiger partial charge in [0.2, 0.25) is 5.82 Å². The molecule has 8 nitrogen and oxygen atoms in total. The van der Waals surface area contributed by atoms with Crippen LogP contribution < -0.4 is 5.32 Å². The zero-order valence-electron chi connectivity index (χ0n) is 15.7. The van der Waals surface area contributed by atoms with Gasteiger partial charge in [-0.15, -0.1) is 10.2 Å². The molecule has 2 aromatic rings. The number of tetrazole rings is 1. The third-order valence-corrected chi connectivity index (χ3v) is 5.17. The van der Waals surface area contributed by atoms with Crippen molar-refractivity contribution in [1.82, 2.24) is 25.5 Å². The van der Waals surface area contributed by atoms with Crippen LogP contribution in [0.15, 0.2) is 30.3 Å². The Labute approximate surface area is 158 Å². The predicted molar refractivity (Wildman–Crippen MR) is 98.3 cm³/mol. The molecule has 0 bridgehead atoms. The summed E-state index contributed by atoms with van der Waals surface area (Å²) in [5, 5.41) is 14.9. The highest BCUT2D eigenvalue weighted by Crippen LogP contribution is 2.29. The number of hydrogen-bond acceptors (Lipinski definition) is 6. The number of nitrogens with zero attached hydrogens (tertiary/aromatic N) is 4. The predicted octanol–water partition coefficient (Wildman–Crippen LogP) is 1.82. The van der Waals surface area contributed by atoms with Crippen molar-refractivity contribution in [3.8, 4) is 11.4 Å². The molecule has 1 aromatic heterocycles. The molecule has 3 unspecified atom stereocenters. The number of benzene rings is 1. The number of hydrogen-bond donors (Lipinski definition) is 1. The zero-order valence-corrected chi connectivity index (χ0v) is 15.7. The van der Waals surface area contributed by atoms with Crippen molar-refractivity contribution in [2.75, 3.05) is 6.61 Å². The SMILES string of the molecule is CC1CCCC(NC(=O)COC(=O)Cn2nnc(-c3ccccc3)n2)C1C. The van der Waals surface area contributed by atoms with Gasteiger partial charge in [-0.1, -0.05) is 57.0 Å². The summed E-state index contributed by atoms with van der Waals surface area (Å²) >= 11 is 0. The van der Waals surface area contributed by atoms with Gasteiger partial charge in [-0.2, -0.15) is 4.80 Å². The van der Waals surface area contributed by atoms with E-state index in [0.29, 0.717) is 17.7 Å². The molecule has 1 saturated carbocycles. The monoisotopic (exact) mass is 371 g/mol. The van der Waals surface area contributed by atoms with Gasteiger partial charge in [0.1, 0.15) is 0 Å². The van der Waals surface area contributed by atoms with Crippen LogP contribution in [0, 0.1) is 11.8 Å². The van der Waals surface area contributed by atoms with Crippen molar-refractivity contribution < 1.29 is 14.3 Å². The van der Waals surface area contributed by atoms with Crippen molar-refractivity contribution in [3.63, 3.8) is 0 Å². The molecule has 8 heteroatoms. The standard InChI is InChI=1S/C19H25N5O3/c1-13-7-6-10-16(14(13)2)20-17(25)12-27-18(26)11-24-22-19(21-23-24)15-8-4-3-5-9-15/h3-5,8-9,13-14,16H,6-7,10-12H2,1-2H3,(H,20,25). The topological polar surface area (TPSA) is 99.0 Å². The smallest absolute Gasteiger partial charge is 0.330 e. The maximum Gasteiger partial charge on any atom is 0.330 e. The average molecular weight is 371 g/mol. The summed E-state index contributed by atoms with van der Waals surface area (Å²) < 4.78 is 5.05. The van der Waals surface area contributed by atoms with Gasteiger partial charge < -0.3 is 10.1 Å². The zero-order chi connectivity index (χ0) is 19.2. The molecule has 27 heavy (non-hydrogen) atoms. The number of carbonyl (C=O) groups excluding carboxylic acids is 2. The van der Waals surface area contributed by atoms with E-state index < -0.39 is 5.97 Å². The molecule has 0 spiro atoms. The van der Waals surface area contributed by atoms with Crippen molar-refractivity contribution >= 4 is 11.9 Å². The number of carbonyl (C=O) groups is 2. The van der Waals surface area contributed by atoms with E-state index in [1.807, 2.05) is 30.3 Å². The summed E-state index contributed by atoms with van der Waals surface area (Å²) in [6.45, 7) is 3.87. The molecule has 1 aromatic carbocycles. The van der Waals surface area contributed by atoms with Gasteiger partial charge in [-0.3, -0.25) is 4.79 Å². The van der Waals surface area contributed by atoms with Crippen LogP contribution in [0.4, 0.5) is 0 Å². The van der Waals surface area contributed by atoms with Crippen LogP contribution in [0.1, 0.15) is 33.1 Å². The molecule has 1 aliphatic carbocycles. The summed E-state index contributed by atoms with van der Waals surface area (Å²) in [6, 6.07) is 9.50. The van der Waals surface area contributed by atoms with Crippen LogP contribution in [0.2, 0.25) is 0 Å². The van der Waals surface area contributed by atoms with E-state index in [2.05, 4.69) is 34.6 Å². The van der Waals surface area contributed by atoms with E-state index in [1.165, 1.54) is 6.42 Å². The Morgan fingerprint density at radius 2 is 2.00 bits per heavy atom. The van der Waals surface area contributed by atoms with Gasteiger partial charge in [0, 0.05) is 11.6 Å². The second-order valence-electron chi connectivity index (χ2n) is 7.11. The van der Waals surface area contributed by atoms with Crippen LogP contribution in [0.3, 0.4) is 0 Å². The minimum absolute atomic E-state index is 0.144. The molecule has 1 amide bonds. The summed E-state index contributed by atoms with van der Waals surface area (Å²) in [6.07, 6.45) is 3.27. The molecule has 3 rings (SSSR count). The maximum absolute atomic E-state index is 12.1. The molecule has 0 radical (unpaired) electrons. The van der Waals surface area contributed by atoms with Crippen LogP contribution in [-0.2, 0) is 20.9 Å². The first kappa shape index (κ1) is 19.0. The van der Waals surface area contributed by atoms with Crippen molar-refractivity contribution in [2.45, 2.75) is 45.7 Å². The maximum atomic E-state index is 12.1. The van der Waals surface area contributed by atoms with Gasteiger partial charge >= 0.3 is 5.97 Å². The van der Waals surface area contributed by atoms with Gasteiger partial charge in [0.25, 0.3) is 5.91 Å². The lowest BCUT2D eigenvalue weighted by atomic mass is 9.78. The summed E-state index contributed by atoms with van der Waals surface area (Å²) in [5.41, 5.74) is 0.812. The number of ether oxygens (including phenoxy) is 1. The minimum Gasteiger partial charge on any atom is -0.454 e. The second-order valence-corrected chi connectivity index (χ2v) is 7.11. The minimum atomic E-state index is -0.577. The van der Waals surface area contributed by atoms with Crippen molar-refractivity contribution in [3.05, 3.63) is 30.3 Å². The molecule has 1 aliphatic rings. The molecule has 0 aliphatic heterocycles. The van der Waals surface area contributed by atoms with Crippen LogP contribution in [-0.4, -0.2) is 44.7 Å². The highest BCUT2D eigenvalue weighted by Gasteiger charge is 2.28. The molecule has 144 valence electrons. The fraction of sp³-hybridized carbons (Fsp3) is 0.526.